The van der Waals surface area contributed by atoms with Crippen molar-refractivity contribution < 1.29 is 14.7 Å². The number of hydrogen-bond acceptors (Lipinski definition) is 2. The number of amides is 2. The SMILES string of the molecule is C=CCN(CC(=O)O)C(=O)NCCCC1CCCC1. The highest BCUT2D eigenvalue weighted by atomic mass is 16.4. The quantitative estimate of drug-likeness (QED) is 0.524. The summed E-state index contributed by atoms with van der Waals surface area (Å²) in [6.45, 7) is 4.10. The van der Waals surface area contributed by atoms with Crippen molar-refractivity contribution in [1.29, 1.82) is 0 Å². The molecular formula is C14H24N2O3. The molecule has 1 rings (SSSR count). The van der Waals surface area contributed by atoms with E-state index in [4.69, 9.17) is 5.11 Å². The first-order valence-electron chi connectivity index (χ1n) is 6.99. The second-order valence-electron chi connectivity index (χ2n) is 5.09. The van der Waals surface area contributed by atoms with Gasteiger partial charge in [0.2, 0.25) is 0 Å². The summed E-state index contributed by atoms with van der Waals surface area (Å²) in [5, 5.41) is 11.5. The Morgan fingerprint density at radius 2 is 2.05 bits per heavy atom. The fourth-order valence-corrected chi connectivity index (χ4v) is 2.54. The zero-order chi connectivity index (χ0) is 14.1. The standard InChI is InChI=1S/C14H24N2O3/c1-2-10-16(11-13(17)18)14(19)15-9-5-8-12-6-3-4-7-12/h2,12H,1,3-11H2,(H,15,19)(H,17,18). The molecule has 19 heavy (non-hydrogen) atoms. The van der Waals surface area contributed by atoms with Crippen LogP contribution in [0.3, 0.4) is 0 Å². The van der Waals surface area contributed by atoms with Crippen molar-refractivity contribution >= 4 is 12.0 Å². The first kappa shape index (κ1) is 15.5. The Bertz CT molecular complexity index is 312. The van der Waals surface area contributed by atoms with Crippen molar-refractivity contribution in [3.8, 4) is 0 Å². The lowest BCUT2D eigenvalue weighted by molar-refractivity contribution is -0.137. The summed E-state index contributed by atoms with van der Waals surface area (Å²) >= 11 is 0. The van der Waals surface area contributed by atoms with Gasteiger partial charge in [-0.15, -0.1) is 6.58 Å². The molecule has 0 unspecified atom stereocenters. The van der Waals surface area contributed by atoms with Gasteiger partial charge in [-0.3, -0.25) is 4.79 Å². The molecule has 0 bridgehead atoms. The molecule has 1 aliphatic carbocycles. The van der Waals surface area contributed by atoms with Gasteiger partial charge in [0.1, 0.15) is 6.54 Å². The van der Waals surface area contributed by atoms with Gasteiger partial charge in [0.05, 0.1) is 0 Å². The van der Waals surface area contributed by atoms with Gasteiger partial charge in [-0.05, 0) is 18.8 Å². The minimum Gasteiger partial charge on any atom is -0.480 e. The lowest BCUT2D eigenvalue weighted by Crippen LogP contribution is -2.43. The number of carboxylic acids is 1. The molecule has 0 atom stereocenters. The van der Waals surface area contributed by atoms with Crippen molar-refractivity contribution in [2.75, 3.05) is 19.6 Å². The average molecular weight is 268 g/mol. The van der Waals surface area contributed by atoms with E-state index in [2.05, 4.69) is 11.9 Å². The van der Waals surface area contributed by atoms with E-state index in [1.165, 1.54) is 36.7 Å². The highest BCUT2D eigenvalue weighted by molar-refractivity contribution is 5.80. The second-order valence-corrected chi connectivity index (χ2v) is 5.09. The van der Waals surface area contributed by atoms with E-state index in [-0.39, 0.29) is 19.1 Å². The Morgan fingerprint density at radius 3 is 2.63 bits per heavy atom. The Hall–Kier alpha value is -1.52. The summed E-state index contributed by atoms with van der Waals surface area (Å²) in [4.78, 5) is 23.6. The average Bonchev–Trinajstić information content (AvgIpc) is 2.86. The summed E-state index contributed by atoms with van der Waals surface area (Å²) in [5.41, 5.74) is 0. The molecule has 1 saturated carbocycles. The number of aliphatic carboxylic acids is 1. The summed E-state index contributed by atoms with van der Waals surface area (Å²) in [7, 11) is 0. The van der Waals surface area contributed by atoms with Crippen LogP contribution in [0.1, 0.15) is 38.5 Å². The molecule has 5 nitrogen and oxygen atoms in total. The van der Waals surface area contributed by atoms with Crippen molar-refractivity contribution in [3.05, 3.63) is 12.7 Å². The van der Waals surface area contributed by atoms with Crippen molar-refractivity contribution in [3.63, 3.8) is 0 Å². The van der Waals surface area contributed by atoms with Crippen LogP contribution < -0.4 is 5.32 Å². The highest BCUT2D eigenvalue weighted by Gasteiger charge is 2.16. The van der Waals surface area contributed by atoms with Gasteiger partial charge in [-0.2, -0.15) is 0 Å². The Balaban J connectivity index is 2.19. The zero-order valence-electron chi connectivity index (χ0n) is 11.4. The zero-order valence-corrected chi connectivity index (χ0v) is 11.4. The van der Waals surface area contributed by atoms with Crippen LogP contribution in [0.25, 0.3) is 0 Å². The summed E-state index contributed by atoms with van der Waals surface area (Å²) in [6.07, 6.45) is 8.95. The van der Waals surface area contributed by atoms with E-state index in [9.17, 15) is 9.59 Å². The molecule has 1 aliphatic rings. The van der Waals surface area contributed by atoms with Crippen molar-refractivity contribution in [2.24, 2.45) is 5.92 Å². The van der Waals surface area contributed by atoms with Crippen LogP contribution in [-0.4, -0.2) is 41.6 Å². The third kappa shape index (κ3) is 6.27. The number of hydrogen-bond donors (Lipinski definition) is 2. The summed E-state index contributed by atoms with van der Waals surface area (Å²) in [5.74, 6) is -0.192. The predicted molar refractivity (Wildman–Crippen MR) is 74.0 cm³/mol. The number of carbonyl (C=O) groups is 2. The van der Waals surface area contributed by atoms with E-state index in [0.717, 1.165) is 18.8 Å². The highest BCUT2D eigenvalue weighted by Crippen LogP contribution is 2.28. The van der Waals surface area contributed by atoms with Gasteiger partial charge in [0.15, 0.2) is 0 Å². The fourth-order valence-electron chi connectivity index (χ4n) is 2.54. The molecule has 2 N–H and O–H groups in total. The maximum Gasteiger partial charge on any atom is 0.323 e. The van der Waals surface area contributed by atoms with Gasteiger partial charge < -0.3 is 15.3 Å². The number of carboxylic acid groups (broad SMARTS) is 1. The van der Waals surface area contributed by atoms with E-state index in [1.54, 1.807) is 0 Å². The molecule has 0 heterocycles. The minimum absolute atomic E-state index is 0.251. The maximum atomic E-state index is 11.8. The van der Waals surface area contributed by atoms with Crippen LogP contribution in [0, 0.1) is 5.92 Å². The van der Waals surface area contributed by atoms with Crippen molar-refractivity contribution in [1.82, 2.24) is 10.2 Å². The molecule has 0 aliphatic heterocycles. The normalized spacial score (nSPS) is 15.2. The molecule has 0 saturated heterocycles. The van der Waals surface area contributed by atoms with Crippen LogP contribution in [0.15, 0.2) is 12.7 Å². The maximum absolute atomic E-state index is 11.8. The molecule has 5 heteroatoms. The van der Waals surface area contributed by atoms with Crippen LogP contribution in [0.4, 0.5) is 4.79 Å². The van der Waals surface area contributed by atoms with E-state index >= 15 is 0 Å². The third-order valence-electron chi connectivity index (χ3n) is 3.50. The van der Waals surface area contributed by atoms with Gasteiger partial charge in [0, 0.05) is 13.1 Å². The minimum atomic E-state index is -1.01. The van der Waals surface area contributed by atoms with E-state index < -0.39 is 5.97 Å². The molecule has 108 valence electrons. The number of rotatable bonds is 8. The molecule has 0 spiro atoms. The number of carbonyl (C=O) groups excluding carboxylic acids is 1. The number of nitrogens with one attached hydrogen (secondary N) is 1. The van der Waals surface area contributed by atoms with E-state index in [0.29, 0.717) is 6.54 Å². The largest absolute Gasteiger partial charge is 0.480 e. The Morgan fingerprint density at radius 1 is 1.37 bits per heavy atom. The summed E-state index contributed by atoms with van der Waals surface area (Å²) in [6, 6.07) is -0.325. The molecule has 0 aromatic heterocycles. The molecular weight excluding hydrogens is 244 g/mol. The summed E-state index contributed by atoms with van der Waals surface area (Å²) < 4.78 is 0. The molecule has 2 amide bonds. The molecule has 0 aromatic rings. The van der Waals surface area contributed by atoms with Crippen LogP contribution >= 0.6 is 0 Å². The fraction of sp³-hybridized carbons (Fsp3) is 0.714. The molecule has 0 radical (unpaired) electrons. The third-order valence-corrected chi connectivity index (χ3v) is 3.50. The lowest BCUT2D eigenvalue weighted by Gasteiger charge is -2.19. The molecule has 0 aromatic carbocycles. The van der Waals surface area contributed by atoms with Crippen LogP contribution in [-0.2, 0) is 4.79 Å². The first-order valence-corrected chi connectivity index (χ1v) is 6.99. The smallest absolute Gasteiger partial charge is 0.323 e. The van der Waals surface area contributed by atoms with Crippen molar-refractivity contribution in [2.45, 2.75) is 38.5 Å². The first-order chi connectivity index (χ1) is 9.13. The van der Waals surface area contributed by atoms with Gasteiger partial charge in [0.25, 0.3) is 0 Å². The Labute approximate surface area is 114 Å². The van der Waals surface area contributed by atoms with Crippen LogP contribution in [0.5, 0.6) is 0 Å². The number of nitrogens with zero attached hydrogens (tertiary/aromatic N) is 1. The lowest BCUT2D eigenvalue weighted by atomic mass is 10.0. The second kappa shape index (κ2) is 8.56. The predicted octanol–water partition coefficient (Wildman–Crippen LogP) is 2.24. The Kier molecular flexibility index (Phi) is 7.00. The molecule has 1 fully saturated rings. The van der Waals surface area contributed by atoms with E-state index in [1.807, 2.05) is 0 Å². The van der Waals surface area contributed by atoms with Gasteiger partial charge in [-0.1, -0.05) is 31.8 Å². The van der Waals surface area contributed by atoms with Gasteiger partial charge in [-0.25, -0.2) is 4.79 Å². The number of urea groups is 1. The van der Waals surface area contributed by atoms with Crippen LogP contribution in [0.2, 0.25) is 0 Å². The topological polar surface area (TPSA) is 69.6 Å². The van der Waals surface area contributed by atoms with Gasteiger partial charge >= 0.3 is 12.0 Å². The monoisotopic (exact) mass is 268 g/mol.